The molecular weight excluding hydrogens is 701 g/mol. The highest BCUT2D eigenvalue weighted by Crippen LogP contribution is 2.38. The lowest BCUT2D eigenvalue weighted by atomic mass is 10.0. The van der Waals surface area contributed by atoms with Crippen LogP contribution in [0.15, 0.2) is 37.0 Å². The van der Waals surface area contributed by atoms with Gasteiger partial charge in [0.05, 0.1) is 27.7 Å². The topological polar surface area (TPSA) is 111 Å². The van der Waals surface area contributed by atoms with Crippen LogP contribution < -0.4 is 4.89 Å². The molecule has 0 heterocycles. The molecule has 10 heteroatoms. The van der Waals surface area contributed by atoms with Crippen LogP contribution in [0.2, 0.25) is 0 Å². The molecule has 0 amide bonds. The van der Waals surface area contributed by atoms with Crippen LogP contribution in [0.5, 0.6) is 0 Å². The summed E-state index contributed by atoms with van der Waals surface area (Å²) in [5.74, 6) is -0.852. The van der Waals surface area contributed by atoms with Crippen LogP contribution in [-0.4, -0.2) is 70.0 Å². The fourth-order valence-corrected chi connectivity index (χ4v) is 6.57. The predicted molar refractivity (Wildman–Crippen MR) is 222 cm³/mol. The summed E-state index contributed by atoms with van der Waals surface area (Å²) in [4.78, 5) is 37.5. The number of allylic oxidation sites excluding steroid dienone is 5. The number of nitrogens with zero attached hydrogens (tertiary/aromatic N) is 1. The van der Waals surface area contributed by atoms with E-state index in [1.165, 1.54) is 89.9 Å². The Hall–Kier alpha value is -1.77. The molecule has 0 fully saturated rings. The minimum atomic E-state index is -4.63. The van der Waals surface area contributed by atoms with Crippen molar-refractivity contribution in [2.45, 2.75) is 186 Å². The smallest absolute Gasteiger partial charge is 0.306 e. The van der Waals surface area contributed by atoms with E-state index in [-0.39, 0.29) is 26.1 Å². The van der Waals surface area contributed by atoms with Crippen molar-refractivity contribution in [2.75, 3.05) is 47.5 Å². The van der Waals surface area contributed by atoms with Gasteiger partial charge in [-0.2, -0.15) is 0 Å². The molecule has 0 aromatic carbocycles. The van der Waals surface area contributed by atoms with Crippen LogP contribution >= 0.6 is 7.82 Å². The van der Waals surface area contributed by atoms with Crippen molar-refractivity contribution >= 4 is 19.8 Å². The van der Waals surface area contributed by atoms with Crippen LogP contribution in [0.3, 0.4) is 0 Å². The Kier molecular flexibility index (Phi) is 35.6. The van der Waals surface area contributed by atoms with E-state index < -0.39 is 32.5 Å². The van der Waals surface area contributed by atoms with Crippen LogP contribution in [0, 0.1) is 0 Å². The van der Waals surface area contributed by atoms with Gasteiger partial charge in [-0.1, -0.05) is 140 Å². The Morgan fingerprint density at radius 2 is 1.09 bits per heavy atom. The summed E-state index contributed by atoms with van der Waals surface area (Å²) in [7, 11) is 1.15. The summed E-state index contributed by atoms with van der Waals surface area (Å²) in [6.07, 6.45) is 39.1. The highest BCUT2D eigenvalue weighted by molar-refractivity contribution is 7.45. The highest BCUT2D eigenvalue weighted by atomic mass is 31.2. The summed E-state index contributed by atoms with van der Waals surface area (Å²) in [5, 5.41) is 0. The molecule has 54 heavy (non-hydrogen) atoms. The second-order valence-electron chi connectivity index (χ2n) is 15.8. The van der Waals surface area contributed by atoms with Crippen molar-refractivity contribution in [3.63, 3.8) is 0 Å². The monoisotopic (exact) mass is 784 g/mol. The minimum absolute atomic E-state index is 0.0342. The van der Waals surface area contributed by atoms with E-state index in [4.69, 9.17) is 18.5 Å². The van der Waals surface area contributed by atoms with E-state index in [9.17, 15) is 19.0 Å². The molecule has 0 aliphatic carbocycles. The number of hydrogen-bond acceptors (Lipinski definition) is 8. The second kappa shape index (κ2) is 36.8. The van der Waals surface area contributed by atoms with Crippen molar-refractivity contribution in [3.05, 3.63) is 37.0 Å². The number of phosphoric acid groups is 1. The van der Waals surface area contributed by atoms with Crippen LogP contribution in [0.25, 0.3) is 0 Å². The number of rotatable bonds is 40. The number of carbonyl (C=O) groups excluding carboxylic acids is 2. The largest absolute Gasteiger partial charge is 0.756 e. The summed E-state index contributed by atoms with van der Waals surface area (Å²) in [6.45, 7) is 5.70. The van der Waals surface area contributed by atoms with Gasteiger partial charge in [-0.15, -0.1) is 6.58 Å². The fraction of sp³-hybridized carbons (Fsp3) is 0.818. The van der Waals surface area contributed by atoms with Gasteiger partial charge in [0.1, 0.15) is 19.8 Å². The zero-order valence-electron chi connectivity index (χ0n) is 35.3. The first-order chi connectivity index (χ1) is 26.0. The molecule has 0 saturated heterocycles. The number of ether oxygens (including phenoxy) is 2. The zero-order chi connectivity index (χ0) is 40.0. The summed E-state index contributed by atoms with van der Waals surface area (Å²) in [6, 6.07) is 0. The quantitative estimate of drug-likeness (QED) is 0.0199. The van der Waals surface area contributed by atoms with Crippen LogP contribution in [0.1, 0.15) is 180 Å². The SMILES string of the molecule is C=CCCCCCCCCCCCCCCCC(=O)OC[C@H](COP(=O)([O-])OCC[N+](C)(C)C)OC(=O)CCCCCCC/C=C/C/C=C/CCCCC. The van der Waals surface area contributed by atoms with E-state index in [1.54, 1.807) is 0 Å². The second-order valence-corrected chi connectivity index (χ2v) is 17.2. The third-order valence-corrected chi connectivity index (χ3v) is 10.2. The number of carbonyl (C=O) groups is 2. The molecular formula is C44H82NO8P. The predicted octanol–water partition coefficient (Wildman–Crippen LogP) is 11.5. The molecule has 0 aromatic heterocycles. The Bertz CT molecular complexity index is 1010. The summed E-state index contributed by atoms with van der Waals surface area (Å²) < 4.78 is 33.9. The Labute approximate surface area is 331 Å². The maximum atomic E-state index is 12.7. The van der Waals surface area contributed by atoms with E-state index >= 15 is 0 Å². The molecule has 0 N–H and O–H groups in total. The normalized spacial score (nSPS) is 13.7. The molecule has 2 atom stereocenters. The number of likely N-dealkylation sites (N-methyl/N-ethyl adjacent to an activating group) is 1. The standard InChI is InChI=1S/C44H82NO8P/c1-6-8-10-12-14-16-18-20-22-24-26-28-30-32-34-36-43(46)50-40-42(41-52-54(48,49)51-39-38-45(3,4)5)53-44(47)37-35-33-31-29-27-25-23-21-19-17-15-13-11-9-7-2/h6,15,17,21,23,42H,1,7-14,16,18-20,22,24-41H2,2-5H3/b17-15+,23-21+/t42-/m1/s1. The van der Waals surface area contributed by atoms with Gasteiger partial charge >= 0.3 is 11.9 Å². The summed E-state index contributed by atoms with van der Waals surface area (Å²) in [5.41, 5.74) is 0. The van der Waals surface area contributed by atoms with E-state index in [0.717, 1.165) is 64.2 Å². The van der Waals surface area contributed by atoms with Gasteiger partial charge in [0.15, 0.2) is 6.10 Å². The molecule has 0 bridgehead atoms. The molecule has 0 aliphatic rings. The Morgan fingerprint density at radius 3 is 1.59 bits per heavy atom. The number of esters is 2. The van der Waals surface area contributed by atoms with Crippen molar-refractivity contribution in [1.29, 1.82) is 0 Å². The molecule has 0 radical (unpaired) electrons. The maximum Gasteiger partial charge on any atom is 0.306 e. The molecule has 0 rings (SSSR count). The zero-order valence-corrected chi connectivity index (χ0v) is 36.1. The number of phosphoric ester groups is 1. The highest BCUT2D eigenvalue weighted by Gasteiger charge is 2.21. The van der Waals surface area contributed by atoms with Gasteiger partial charge in [0.25, 0.3) is 7.82 Å². The molecule has 9 nitrogen and oxygen atoms in total. The maximum absolute atomic E-state index is 12.7. The van der Waals surface area contributed by atoms with E-state index in [1.807, 2.05) is 27.2 Å². The van der Waals surface area contributed by atoms with Crippen molar-refractivity contribution in [1.82, 2.24) is 0 Å². The lowest BCUT2D eigenvalue weighted by Gasteiger charge is -2.28. The Balaban J connectivity index is 4.37. The van der Waals surface area contributed by atoms with Crippen molar-refractivity contribution in [2.24, 2.45) is 0 Å². The minimum Gasteiger partial charge on any atom is -0.756 e. The van der Waals surface area contributed by atoms with Crippen molar-refractivity contribution in [3.8, 4) is 0 Å². The lowest BCUT2D eigenvalue weighted by molar-refractivity contribution is -0.870. The number of quaternary nitrogens is 1. The molecule has 316 valence electrons. The lowest BCUT2D eigenvalue weighted by Crippen LogP contribution is -2.37. The molecule has 0 spiro atoms. The first kappa shape index (κ1) is 52.2. The van der Waals surface area contributed by atoms with Gasteiger partial charge in [-0.25, -0.2) is 0 Å². The van der Waals surface area contributed by atoms with Gasteiger partial charge in [0, 0.05) is 12.8 Å². The molecule has 0 saturated carbocycles. The first-order valence-corrected chi connectivity index (χ1v) is 23.1. The number of hydrogen-bond donors (Lipinski definition) is 0. The fourth-order valence-electron chi connectivity index (χ4n) is 5.84. The third kappa shape index (κ3) is 39.9. The third-order valence-electron chi connectivity index (χ3n) is 9.28. The van der Waals surface area contributed by atoms with Gasteiger partial charge in [-0.3, -0.25) is 14.2 Å². The van der Waals surface area contributed by atoms with Gasteiger partial charge < -0.3 is 27.9 Å². The average Bonchev–Trinajstić information content (AvgIpc) is 3.12. The van der Waals surface area contributed by atoms with E-state index in [2.05, 4.69) is 37.8 Å². The Morgan fingerprint density at radius 1 is 0.630 bits per heavy atom. The first-order valence-electron chi connectivity index (χ1n) is 21.7. The van der Waals surface area contributed by atoms with Gasteiger partial charge in [-0.05, 0) is 57.8 Å². The molecule has 0 aromatic rings. The van der Waals surface area contributed by atoms with Crippen LogP contribution in [-0.2, 0) is 32.7 Å². The number of unbranched alkanes of at least 4 members (excludes halogenated alkanes) is 21. The average molecular weight is 784 g/mol. The molecule has 1 unspecified atom stereocenters. The summed E-state index contributed by atoms with van der Waals surface area (Å²) >= 11 is 0. The van der Waals surface area contributed by atoms with Gasteiger partial charge in [0.2, 0.25) is 0 Å². The van der Waals surface area contributed by atoms with Crippen LogP contribution in [0.4, 0.5) is 0 Å². The van der Waals surface area contributed by atoms with Crippen molar-refractivity contribution < 1.29 is 42.1 Å². The molecule has 0 aliphatic heterocycles. The van der Waals surface area contributed by atoms with E-state index in [0.29, 0.717) is 17.4 Å².